The molecule has 0 unspecified atom stereocenters. The molecule has 1 aromatic heterocycles. The Morgan fingerprint density at radius 2 is 1.85 bits per heavy atom. The van der Waals surface area contributed by atoms with Crippen molar-refractivity contribution in [3.63, 3.8) is 0 Å². The quantitative estimate of drug-likeness (QED) is 0.526. The van der Waals surface area contributed by atoms with Crippen LogP contribution in [0.4, 0.5) is 5.13 Å². The van der Waals surface area contributed by atoms with Crippen molar-refractivity contribution in [3.05, 3.63) is 58.1 Å². The van der Waals surface area contributed by atoms with Gasteiger partial charge >= 0.3 is 0 Å². The van der Waals surface area contributed by atoms with Crippen molar-refractivity contribution in [1.29, 1.82) is 0 Å². The van der Waals surface area contributed by atoms with E-state index in [1.54, 1.807) is 12.1 Å². The summed E-state index contributed by atoms with van der Waals surface area (Å²) >= 11 is 12.8. The minimum absolute atomic E-state index is 0.0416. The number of amides is 1. The summed E-state index contributed by atoms with van der Waals surface area (Å²) in [6.07, 6.45) is 0. The van der Waals surface area contributed by atoms with Gasteiger partial charge in [-0.25, -0.2) is 4.98 Å². The van der Waals surface area contributed by atoms with Gasteiger partial charge in [0.05, 0.1) is 10.2 Å². The number of nitrogens with one attached hydrogen (secondary N) is 2. The standard InChI is InChI=1S/C20H20ClN3OS2/c1-11-9-16-15(10-14(11)21)22-19(27-16)24-18(26)23-17(25)12-5-7-13(8-6-12)20(2,3)4/h5-10H,1-4H3,(H2,22,23,24,25,26). The lowest BCUT2D eigenvalue weighted by molar-refractivity contribution is 0.0977. The summed E-state index contributed by atoms with van der Waals surface area (Å²) < 4.78 is 1.01. The van der Waals surface area contributed by atoms with Crippen molar-refractivity contribution in [3.8, 4) is 0 Å². The number of carbonyl (C=O) groups is 1. The van der Waals surface area contributed by atoms with Gasteiger partial charge in [-0.2, -0.15) is 0 Å². The number of benzene rings is 2. The molecule has 0 atom stereocenters. The molecule has 140 valence electrons. The molecule has 1 heterocycles. The lowest BCUT2D eigenvalue weighted by atomic mass is 9.87. The molecule has 3 aromatic rings. The highest BCUT2D eigenvalue weighted by molar-refractivity contribution is 7.80. The van der Waals surface area contributed by atoms with Gasteiger partial charge < -0.3 is 5.32 Å². The van der Waals surface area contributed by atoms with E-state index in [0.717, 1.165) is 15.8 Å². The first-order valence-electron chi connectivity index (χ1n) is 8.43. The molecule has 7 heteroatoms. The molecule has 27 heavy (non-hydrogen) atoms. The average molecular weight is 418 g/mol. The number of hydrogen-bond donors (Lipinski definition) is 2. The van der Waals surface area contributed by atoms with E-state index >= 15 is 0 Å². The van der Waals surface area contributed by atoms with Crippen LogP contribution in [0.2, 0.25) is 5.02 Å². The van der Waals surface area contributed by atoms with Crippen molar-refractivity contribution < 1.29 is 4.79 Å². The second kappa shape index (κ2) is 7.54. The molecule has 2 aromatic carbocycles. The maximum atomic E-state index is 12.4. The van der Waals surface area contributed by atoms with E-state index in [9.17, 15) is 4.79 Å². The van der Waals surface area contributed by atoms with Crippen LogP contribution in [0.5, 0.6) is 0 Å². The Bertz CT molecular complexity index is 981. The molecule has 4 nitrogen and oxygen atoms in total. The van der Waals surface area contributed by atoms with Gasteiger partial charge in [0.15, 0.2) is 10.2 Å². The highest BCUT2D eigenvalue weighted by Gasteiger charge is 2.15. The molecule has 0 aliphatic rings. The molecule has 0 bridgehead atoms. The highest BCUT2D eigenvalue weighted by Crippen LogP contribution is 2.30. The molecule has 2 N–H and O–H groups in total. The number of fused-ring (bicyclic) bond motifs is 1. The lowest BCUT2D eigenvalue weighted by Crippen LogP contribution is -2.34. The molecule has 0 spiro atoms. The molecule has 3 rings (SSSR count). The largest absolute Gasteiger partial charge is 0.308 e. The van der Waals surface area contributed by atoms with Crippen LogP contribution < -0.4 is 10.6 Å². The first-order chi connectivity index (χ1) is 12.6. The SMILES string of the molecule is Cc1cc2sc(NC(=S)NC(=O)c3ccc(C(C)(C)C)cc3)nc2cc1Cl. The van der Waals surface area contributed by atoms with Crippen LogP contribution in [0.1, 0.15) is 42.3 Å². The van der Waals surface area contributed by atoms with Gasteiger partial charge in [0.25, 0.3) is 5.91 Å². The molecular weight excluding hydrogens is 398 g/mol. The van der Waals surface area contributed by atoms with Gasteiger partial charge in [-0.15, -0.1) is 0 Å². The average Bonchev–Trinajstić information content (AvgIpc) is 2.95. The smallest absolute Gasteiger partial charge is 0.257 e. The van der Waals surface area contributed by atoms with Crippen molar-refractivity contribution in [2.75, 3.05) is 5.32 Å². The zero-order valence-electron chi connectivity index (χ0n) is 15.5. The van der Waals surface area contributed by atoms with Gasteiger partial charge in [-0.3, -0.25) is 10.1 Å². The Labute approximate surface area is 173 Å². The summed E-state index contributed by atoms with van der Waals surface area (Å²) in [4.78, 5) is 16.9. The summed E-state index contributed by atoms with van der Waals surface area (Å²) in [5.74, 6) is -0.257. The van der Waals surface area contributed by atoms with E-state index < -0.39 is 0 Å². The molecule has 0 fully saturated rings. The number of thiazole rings is 1. The fourth-order valence-electron chi connectivity index (χ4n) is 2.53. The van der Waals surface area contributed by atoms with E-state index in [1.165, 1.54) is 16.9 Å². The number of aromatic nitrogens is 1. The predicted molar refractivity (Wildman–Crippen MR) is 118 cm³/mol. The van der Waals surface area contributed by atoms with Crippen LogP contribution in [0.15, 0.2) is 36.4 Å². The van der Waals surface area contributed by atoms with E-state index in [1.807, 2.05) is 31.2 Å². The second-order valence-corrected chi connectivity index (χ2v) is 9.17. The van der Waals surface area contributed by atoms with E-state index in [4.69, 9.17) is 23.8 Å². The fourth-order valence-corrected chi connectivity index (χ4v) is 3.89. The van der Waals surface area contributed by atoms with Gasteiger partial charge in [0.2, 0.25) is 0 Å². The monoisotopic (exact) mass is 417 g/mol. The van der Waals surface area contributed by atoms with Gasteiger partial charge in [0.1, 0.15) is 0 Å². The number of carbonyl (C=O) groups excluding carboxylic acids is 1. The fraction of sp³-hybridized carbons (Fsp3) is 0.250. The molecule has 0 saturated heterocycles. The van der Waals surface area contributed by atoms with Crippen molar-refractivity contribution in [2.24, 2.45) is 0 Å². The molecule has 1 amide bonds. The van der Waals surface area contributed by atoms with E-state index in [2.05, 4.69) is 36.4 Å². The van der Waals surface area contributed by atoms with Crippen molar-refractivity contribution in [1.82, 2.24) is 10.3 Å². The topological polar surface area (TPSA) is 54.0 Å². The minimum Gasteiger partial charge on any atom is -0.308 e. The summed E-state index contributed by atoms with van der Waals surface area (Å²) in [5, 5.41) is 7.16. The molecule has 0 aliphatic carbocycles. The maximum Gasteiger partial charge on any atom is 0.257 e. The van der Waals surface area contributed by atoms with Gasteiger partial charge in [0, 0.05) is 10.6 Å². The van der Waals surface area contributed by atoms with Crippen molar-refractivity contribution >= 4 is 61.5 Å². The third-order valence-electron chi connectivity index (χ3n) is 4.13. The summed E-state index contributed by atoms with van der Waals surface area (Å²) in [5.41, 5.74) is 3.56. The van der Waals surface area contributed by atoms with E-state index in [-0.39, 0.29) is 16.4 Å². The Kier molecular flexibility index (Phi) is 5.51. The Balaban J connectivity index is 1.67. The first kappa shape index (κ1) is 19.7. The van der Waals surface area contributed by atoms with Gasteiger partial charge in [-0.1, -0.05) is 55.8 Å². The third-order valence-corrected chi connectivity index (χ3v) is 5.67. The first-order valence-corrected chi connectivity index (χ1v) is 10.0. The predicted octanol–water partition coefficient (Wildman–Crippen LogP) is 5.68. The summed E-state index contributed by atoms with van der Waals surface area (Å²) in [6.45, 7) is 8.35. The highest BCUT2D eigenvalue weighted by atomic mass is 35.5. The van der Waals surface area contributed by atoms with Crippen LogP contribution >= 0.6 is 35.2 Å². The molecular formula is C20H20ClN3OS2. The number of rotatable bonds is 2. The number of nitrogens with zero attached hydrogens (tertiary/aromatic N) is 1. The normalized spacial score (nSPS) is 11.4. The van der Waals surface area contributed by atoms with Crippen LogP contribution in [0.3, 0.4) is 0 Å². The summed E-state index contributed by atoms with van der Waals surface area (Å²) in [7, 11) is 0. The number of anilines is 1. The van der Waals surface area contributed by atoms with Crippen LogP contribution in [0.25, 0.3) is 10.2 Å². The molecule has 0 aliphatic heterocycles. The van der Waals surface area contributed by atoms with Crippen LogP contribution in [-0.2, 0) is 5.41 Å². The second-order valence-electron chi connectivity index (χ2n) is 7.32. The number of hydrogen-bond acceptors (Lipinski definition) is 4. The Morgan fingerprint density at radius 1 is 1.19 bits per heavy atom. The molecule has 0 saturated carbocycles. The third kappa shape index (κ3) is 4.64. The minimum atomic E-state index is -0.257. The van der Waals surface area contributed by atoms with Crippen LogP contribution in [-0.4, -0.2) is 16.0 Å². The van der Waals surface area contributed by atoms with Crippen LogP contribution in [0, 0.1) is 6.92 Å². The zero-order valence-corrected chi connectivity index (χ0v) is 17.9. The number of thiocarbonyl (C=S) groups is 1. The number of aryl methyl sites for hydroxylation is 1. The Hall–Kier alpha value is -2.02. The lowest BCUT2D eigenvalue weighted by Gasteiger charge is -2.19. The van der Waals surface area contributed by atoms with E-state index in [0.29, 0.717) is 15.7 Å². The maximum absolute atomic E-state index is 12.4. The summed E-state index contributed by atoms with van der Waals surface area (Å²) in [6, 6.07) is 11.4. The zero-order chi connectivity index (χ0) is 19.8. The van der Waals surface area contributed by atoms with Gasteiger partial charge in [-0.05, 0) is 59.9 Å². The Morgan fingerprint density at radius 3 is 2.48 bits per heavy atom. The molecule has 0 radical (unpaired) electrons. The number of halogens is 1. The van der Waals surface area contributed by atoms with Crippen molar-refractivity contribution in [2.45, 2.75) is 33.1 Å².